The number of hydrogen-bond donors (Lipinski definition) is 3. The number of anilines is 1. The van der Waals surface area contributed by atoms with E-state index in [9.17, 15) is 14.0 Å². The molecule has 0 aliphatic carbocycles. The maximum atomic E-state index is 13.0. The lowest BCUT2D eigenvalue weighted by molar-refractivity contribution is -0.110. The summed E-state index contributed by atoms with van der Waals surface area (Å²) in [7, 11) is 3.64. The molecule has 2 heterocycles. The second-order valence-electron chi connectivity index (χ2n) is 8.90. The number of likely N-dealkylation sites (N-methyl/N-ethyl adjacent to an activating group) is 2. The van der Waals surface area contributed by atoms with Gasteiger partial charge in [-0.1, -0.05) is 12.1 Å². The van der Waals surface area contributed by atoms with Crippen LogP contribution in [0.5, 0.6) is 5.75 Å². The highest BCUT2D eigenvalue weighted by Gasteiger charge is 2.26. The Morgan fingerprint density at radius 1 is 1.22 bits per heavy atom. The quantitative estimate of drug-likeness (QED) is 0.257. The van der Waals surface area contributed by atoms with E-state index < -0.39 is 6.86 Å². The summed E-state index contributed by atoms with van der Waals surface area (Å²) in [6.45, 7) is 4.21. The SMILES string of the molecule is CNCCN(C)C(=O)c1c(C)[nH]c(/C=C2\C(=O)Nc3ccc(SCc4cccc(OCF)c4)cc32)c1C. The van der Waals surface area contributed by atoms with Gasteiger partial charge in [-0.2, -0.15) is 0 Å². The van der Waals surface area contributed by atoms with Crippen molar-refractivity contribution in [3.05, 3.63) is 76.1 Å². The Morgan fingerprint density at radius 3 is 2.78 bits per heavy atom. The van der Waals surface area contributed by atoms with E-state index in [1.54, 1.807) is 29.8 Å². The third-order valence-corrected chi connectivity index (χ3v) is 7.39. The van der Waals surface area contributed by atoms with E-state index in [0.29, 0.717) is 35.7 Å². The molecule has 1 aliphatic rings. The Hall–Kier alpha value is -3.56. The second-order valence-corrected chi connectivity index (χ2v) is 9.95. The summed E-state index contributed by atoms with van der Waals surface area (Å²) in [5.41, 5.74) is 6.08. The lowest BCUT2D eigenvalue weighted by Gasteiger charge is -2.17. The van der Waals surface area contributed by atoms with E-state index in [0.717, 1.165) is 38.7 Å². The number of H-pyrrole nitrogens is 1. The van der Waals surface area contributed by atoms with E-state index >= 15 is 0 Å². The number of aromatic nitrogens is 1. The Labute approximate surface area is 220 Å². The maximum absolute atomic E-state index is 13.0. The fourth-order valence-electron chi connectivity index (χ4n) is 4.31. The molecule has 194 valence electrons. The molecule has 2 amide bonds. The Morgan fingerprint density at radius 2 is 2.03 bits per heavy atom. The predicted octanol–water partition coefficient (Wildman–Crippen LogP) is 5.01. The molecule has 0 radical (unpaired) electrons. The maximum Gasteiger partial charge on any atom is 0.256 e. The number of amides is 2. The molecule has 4 rings (SSSR count). The number of benzene rings is 2. The van der Waals surface area contributed by atoms with Crippen molar-refractivity contribution in [3.8, 4) is 5.75 Å². The van der Waals surface area contributed by atoms with Crippen LogP contribution in [0.4, 0.5) is 10.1 Å². The van der Waals surface area contributed by atoms with Crippen molar-refractivity contribution in [2.75, 3.05) is 39.4 Å². The number of aromatic amines is 1. The average Bonchev–Trinajstić information content (AvgIpc) is 3.35. The summed E-state index contributed by atoms with van der Waals surface area (Å²) in [6.07, 6.45) is 1.82. The van der Waals surface area contributed by atoms with Gasteiger partial charge in [-0.05, 0) is 68.4 Å². The smallest absolute Gasteiger partial charge is 0.256 e. The molecule has 37 heavy (non-hydrogen) atoms. The number of nitrogens with one attached hydrogen (secondary N) is 3. The van der Waals surface area contributed by atoms with Crippen molar-refractivity contribution < 1.29 is 18.7 Å². The van der Waals surface area contributed by atoms with Crippen LogP contribution < -0.4 is 15.4 Å². The zero-order valence-electron chi connectivity index (χ0n) is 21.4. The molecule has 0 saturated carbocycles. The first-order valence-electron chi connectivity index (χ1n) is 12.0. The molecular formula is C28H31FN4O3S. The van der Waals surface area contributed by atoms with Gasteiger partial charge >= 0.3 is 0 Å². The van der Waals surface area contributed by atoms with E-state index in [1.807, 2.05) is 63.4 Å². The lowest BCUT2D eigenvalue weighted by Crippen LogP contribution is -2.33. The molecule has 0 bridgehead atoms. The molecule has 7 nitrogen and oxygen atoms in total. The third-order valence-electron chi connectivity index (χ3n) is 6.32. The fourth-order valence-corrected chi connectivity index (χ4v) is 5.19. The van der Waals surface area contributed by atoms with Gasteiger partial charge in [0.05, 0.1) is 11.1 Å². The summed E-state index contributed by atoms with van der Waals surface area (Å²) in [5.74, 6) is 0.933. The van der Waals surface area contributed by atoms with Gasteiger partial charge in [-0.25, -0.2) is 4.39 Å². The molecule has 0 atom stereocenters. The van der Waals surface area contributed by atoms with Gasteiger partial charge < -0.3 is 25.3 Å². The number of halogens is 1. The lowest BCUT2D eigenvalue weighted by atomic mass is 10.0. The molecule has 1 aliphatic heterocycles. The molecule has 2 aromatic carbocycles. The van der Waals surface area contributed by atoms with Crippen LogP contribution in [0.2, 0.25) is 0 Å². The normalized spacial score (nSPS) is 13.5. The monoisotopic (exact) mass is 522 g/mol. The number of hydrogen-bond acceptors (Lipinski definition) is 5. The number of nitrogens with zero attached hydrogens (tertiary/aromatic N) is 1. The molecule has 1 aromatic heterocycles. The van der Waals surface area contributed by atoms with Crippen LogP contribution >= 0.6 is 11.8 Å². The Bertz CT molecular complexity index is 1350. The predicted molar refractivity (Wildman–Crippen MR) is 147 cm³/mol. The van der Waals surface area contributed by atoms with Crippen LogP contribution in [-0.2, 0) is 10.5 Å². The fraction of sp³-hybridized carbons (Fsp3) is 0.286. The number of ether oxygens (including phenoxy) is 1. The van der Waals surface area contributed by atoms with E-state index in [2.05, 4.69) is 15.6 Å². The van der Waals surface area contributed by atoms with Crippen molar-refractivity contribution in [3.63, 3.8) is 0 Å². The Kier molecular flexibility index (Phi) is 8.35. The zero-order chi connectivity index (χ0) is 26.5. The third kappa shape index (κ3) is 5.89. The van der Waals surface area contributed by atoms with Gasteiger partial charge in [0.1, 0.15) is 5.75 Å². The average molecular weight is 523 g/mol. The summed E-state index contributed by atoms with van der Waals surface area (Å²) >= 11 is 1.62. The molecule has 0 saturated heterocycles. The van der Waals surface area contributed by atoms with E-state index in [4.69, 9.17) is 4.74 Å². The van der Waals surface area contributed by atoms with Gasteiger partial charge in [-0.3, -0.25) is 9.59 Å². The van der Waals surface area contributed by atoms with Gasteiger partial charge in [0.15, 0.2) is 0 Å². The Balaban J connectivity index is 1.57. The molecule has 3 N–H and O–H groups in total. The van der Waals surface area contributed by atoms with Crippen molar-refractivity contribution >= 4 is 40.9 Å². The van der Waals surface area contributed by atoms with Crippen LogP contribution in [0.15, 0.2) is 47.4 Å². The number of aryl methyl sites for hydroxylation is 1. The molecule has 0 spiro atoms. The highest BCUT2D eigenvalue weighted by Crippen LogP contribution is 2.37. The van der Waals surface area contributed by atoms with Crippen LogP contribution in [0.25, 0.3) is 11.6 Å². The van der Waals surface area contributed by atoms with Crippen molar-refractivity contribution in [1.29, 1.82) is 0 Å². The number of carbonyl (C=O) groups excluding carboxylic acids is 2. The number of thioether (sulfide) groups is 1. The minimum atomic E-state index is -0.861. The number of alkyl halides is 1. The first kappa shape index (κ1) is 26.5. The largest absolute Gasteiger partial charge is 0.463 e. The highest BCUT2D eigenvalue weighted by atomic mass is 32.2. The first-order chi connectivity index (χ1) is 17.8. The zero-order valence-corrected chi connectivity index (χ0v) is 22.2. The van der Waals surface area contributed by atoms with Crippen molar-refractivity contribution in [2.24, 2.45) is 0 Å². The second kappa shape index (κ2) is 11.7. The standard InChI is InChI=1S/C28H31FN4O3S/c1-17-25(31-18(2)26(17)28(35)33(4)11-10-30-3)14-23-22-13-21(8-9-24(22)32-27(23)34)37-15-19-6-5-7-20(12-19)36-16-29/h5-9,12-14,30-31H,10-11,15-16H2,1-4H3,(H,32,34)/b23-14-. The number of carbonyl (C=O) groups is 2. The highest BCUT2D eigenvalue weighted by molar-refractivity contribution is 7.98. The van der Waals surface area contributed by atoms with Crippen LogP contribution in [-0.4, -0.2) is 55.7 Å². The van der Waals surface area contributed by atoms with Crippen molar-refractivity contribution in [1.82, 2.24) is 15.2 Å². The van der Waals surface area contributed by atoms with E-state index in [-0.39, 0.29) is 11.8 Å². The van der Waals surface area contributed by atoms with Gasteiger partial charge in [0, 0.05) is 53.4 Å². The first-order valence-corrected chi connectivity index (χ1v) is 13.0. The van der Waals surface area contributed by atoms with Gasteiger partial charge in [-0.15, -0.1) is 11.8 Å². The summed E-state index contributed by atoms with van der Waals surface area (Å²) in [5, 5.41) is 5.99. The van der Waals surface area contributed by atoms with Crippen molar-refractivity contribution in [2.45, 2.75) is 24.5 Å². The molecule has 0 fully saturated rings. The minimum Gasteiger partial charge on any atom is -0.463 e. The minimum absolute atomic E-state index is 0.0536. The summed E-state index contributed by atoms with van der Waals surface area (Å²) in [6, 6.07) is 13.2. The van der Waals surface area contributed by atoms with E-state index in [1.165, 1.54) is 0 Å². The molecule has 3 aromatic rings. The van der Waals surface area contributed by atoms with Crippen LogP contribution in [0.3, 0.4) is 0 Å². The molecule has 0 unspecified atom stereocenters. The van der Waals surface area contributed by atoms with Crippen LogP contribution in [0, 0.1) is 13.8 Å². The molecule has 9 heteroatoms. The number of fused-ring (bicyclic) bond motifs is 1. The molecular weight excluding hydrogens is 491 g/mol. The topological polar surface area (TPSA) is 86.5 Å². The summed E-state index contributed by atoms with van der Waals surface area (Å²) < 4.78 is 17.4. The van der Waals surface area contributed by atoms with Gasteiger partial charge in [0.25, 0.3) is 11.8 Å². The number of rotatable bonds is 10. The van der Waals surface area contributed by atoms with Gasteiger partial charge in [0.2, 0.25) is 6.86 Å². The summed E-state index contributed by atoms with van der Waals surface area (Å²) in [4.78, 5) is 31.9. The van der Waals surface area contributed by atoms with Crippen LogP contribution in [0.1, 0.15) is 38.4 Å².